The van der Waals surface area contributed by atoms with E-state index in [2.05, 4.69) is 10.6 Å². The second-order valence-electron chi connectivity index (χ2n) is 7.93. The van der Waals surface area contributed by atoms with Crippen LogP contribution in [0.3, 0.4) is 0 Å². The highest BCUT2D eigenvalue weighted by Crippen LogP contribution is 2.24. The van der Waals surface area contributed by atoms with Crippen LogP contribution in [-0.4, -0.2) is 18.4 Å². The molecule has 0 aliphatic rings. The van der Waals surface area contributed by atoms with Gasteiger partial charge in [0.1, 0.15) is 5.75 Å². The predicted octanol–water partition coefficient (Wildman–Crippen LogP) is 5.53. The van der Waals surface area contributed by atoms with Gasteiger partial charge in [-0.25, -0.2) is 0 Å². The molecule has 5 heteroatoms. The molecule has 0 fully saturated rings. The zero-order valence-corrected chi connectivity index (χ0v) is 18.9. The van der Waals surface area contributed by atoms with Crippen LogP contribution in [0.2, 0.25) is 0 Å². The Labute approximate surface area is 199 Å². The van der Waals surface area contributed by atoms with Gasteiger partial charge in [-0.1, -0.05) is 90.5 Å². The molecular formula is C29H26N2O3. The van der Waals surface area contributed by atoms with Crippen LogP contribution in [0.15, 0.2) is 109 Å². The van der Waals surface area contributed by atoms with E-state index in [1.165, 1.54) is 0 Å². The zero-order chi connectivity index (χ0) is 23.8. The van der Waals surface area contributed by atoms with E-state index in [1.54, 1.807) is 24.3 Å². The van der Waals surface area contributed by atoms with Crippen molar-refractivity contribution in [1.29, 1.82) is 0 Å². The SMILES string of the molecule is Cc1ccc(NC(=O)COc2ccccc2C(=O)NC(c2ccccc2)c2ccccc2)cc1. The molecule has 4 aromatic carbocycles. The summed E-state index contributed by atoms with van der Waals surface area (Å²) in [5.41, 5.74) is 4.11. The van der Waals surface area contributed by atoms with Crippen molar-refractivity contribution in [3.05, 3.63) is 131 Å². The number of ether oxygens (including phenoxy) is 1. The number of hydrogen-bond donors (Lipinski definition) is 2. The summed E-state index contributed by atoms with van der Waals surface area (Å²) in [5, 5.41) is 5.92. The molecule has 0 radical (unpaired) electrons. The molecule has 0 aromatic heterocycles. The molecule has 170 valence electrons. The molecule has 0 spiro atoms. The maximum atomic E-state index is 13.3. The number of carbonyl (C=O) groups excluding carboxylic acids is 2. The molecule has 0 saturated heterocycles. The van der Waals surface area contributed by atoms with Crippen LogP contribution in [0.5, 0.6) is 5.75 Å². The Balaban J connectivity index is 1.48. The van der Waals surface area contributed by atoms with E-state index in [0.29, 0.717) is 17.0 Å². The Bertz CT molecular complexity index is 1200. The van der Waals surface area contributed by atoms with Crippen molar-refractivity contribution in [2.75, 3.05) is 11.9 Å². The van der Waals surface area contributed by atoms with Gasteiger partial charge in [-0.15, -0.1) is 0 Å². The lowest BCUT2D eigenvalue weighted by Gasteiger charge is -2.21. The molecule has 34 heavy (non-hydrogen) atoms. The second kappa shape index (κ2) is 11.0. The fourth-order valence-corrected chi connectivity index (χ4v) is 3.62. The molecular weight excluding hydrogens is 424 g/mol. The lowest BCUT2D eigenvalue weighted by atomic mass is 9.98. The first-order valence-electron chi connectivity index (χ1n) is 11.1. The number of para-hydroxylation sites is 1. The van der Waals surface area contributed by atoms with Gasteiger partial charge in [-0.05, 0) is 42.3 Å². The Hall–Kier alpha value is -4.38. The normalized spacial score (nSPS) is 10.5. The molecule has 2 N–H and O–H groups in total. The van der Waals surface area contributed by atoms with Crippen molar-refractivity contribution < 1.29 is 14.3 Å². The van der Waals surface area contributed by atoms with Gasteiger partial charge < -0.3 is 15.4 Å². The van der Waals surface area contributed by atoms with Gasteiger partial charge in [-0.3, -0.25) is 9.59 Å². The third kappa shape index (κ3) is 5.90. The fraction of sp³-hybridized carbons (Fsp3) is 0.103. The van der Waals surface area contributed by atoms with E-state index in [9.17, 15) is 9.59 Å². The Morgan fingerprint density at radius 1 is 0.735 bits per heavy atom. The molecule has 0 aliphatic carbocycles. The summed E-state index contributed by atoms with van der Waals surface area (Å²) < 4.78 is 5.74. The number of hydrogen-bond acceptors (Lipinski definition) is 3. The number of carbonyl (C=O) groups is 2. The largest absolute Gasteiger partial charge is 0.483 e. The van der Waals surface area contributed by atoms with Gasteiger partial charge in [-0.2, -0.15) is 0 Å². The van der Waals surface area contributed by atoms with Crippen LogP contribution in [0.1, 0.15) is 33.1 Å². The van der Waals surface area contributed by atoms with Gasteiger partial charge in [0.15, 0.2) is 6.61 Å². The highest BCUT2D eigenvalue weighted by molar-refractivity contribution is 5.97. The van der Waals surface area contributed by atoms with E-state index in [4.69, 9.17) is 4.74 Å². The molecule has 2 amide bonds. The number of nitrogens with one attached hydrogen (secondary N) is 2. The molecule has 0 atom stereocenters. The van der Waals surface area contributed by atoms with Crippen LogP contribution < -0.4 is 15.4 Å². The topological polar surface area (TPSA) is 67.4 Å². The average Bonchev–Trinajstić information content (AvgIpc) is 2.88. The molecule has 0 heterocycles. The minimum absolute atomic E-state index is 0.209. The maximum absolute atomic E-state index is 13.3. The van der Waals surface area contributed by atoms with Gasteiger partial charge in [0.05, 0.1) is 11.6 Å². The molecule has 0 unspecified atom stereocenters. The summed E-state index contributed by atoms with van der Waals surface area (Å²) >= 11 is 0. The van der Waals surface area contributed by atoms with Crippen molar-refractivity contribution in [3.63, 3.8) is 0 Å². The third-order valence-electron chi connectivity index (χ3n) is 5.37. The van der Waals surface area contributed by atoms with Crippen molar-refractivity contribution in [1.82, 2.24) is 5.32 Å². The summed E-state index contributed by atoms with van der Waals surface area (Å²) in [6, 6.07) is 33.7. The third-order valence-corrected chi connectivity index (χ3v) is 5.37. The standard InChI is InChI=1S/C29H26N2O3/c1-21-16-18-24(19-17-21)30-27(32)20-34-26-15-9-8-14-25(26)29(33)31-28(22-10-4-2-5-11-22)23-12-6-3-7-13-23/h2-19,28H,20H2,1H3,(H,30,32)(H,31,33). The number of amides is 2. The molecule has 0 bridgehead atoms. The summed E-state index contributed by atoms with van der Waals surface area (Å²) in [5.74, 6) is -0.239. The number of aryl methyl sites for hydroxylation is 1. The van der Waals surface area contributed by atoms with E-state index in [0.717, 1.165) is 16.7 Å². The summed E-state index contributed by atoms with van der Waals surface area (Å²) in [6.45, 7) is 1.77. The lowest BCUT2D eigenvalue weighted by Crippen LogP contribution is -2.30. The van der Waals surface area contributed by atoms with Crippen LogP contribution in [0.25, 0.3) is 0 Å². The van der Waals surface area contributed by atoms with Crippen LogP contribution in [-0.2, 0) is 4.79 Å². The minimum atomic E-state index is -0.326. The van der Waals surface area contributed by atoms with Gasteiger partial charge >= 0.3 is 0 Å². The van der Waals surface area contributed by atoms with Crippen molar-refractivity contribution >= 4 is 17.5 Å². The quantitative estimate of drug-likeness (QED) is 0.371. The van der Waals surface area contributed by atoms with E-state index < -0.39 is 0 Å². The summed E-state index contributed by atoms with van der Waals surface area (Å²) in [6.07, 6.45) is 0. The first kappa shape index (κ1) is 22.8. The molecule has 5 nitrogen and oxygen atoms in total. The van der Waals surface area contributed by atoms with Crippen LogP contribution in [0.4, 0.5) is 5.69 Å². The minimum Gasteiger partial charge on any atom is -0.483 e. The number of rotatable bonds is 8. The number of benzene rings is 4. The Kier molecular flexibility index (Phi) is 7.35. The summed E-state index contributed by atoms with van der Waals surface area (Å²) in [4.78, 5) is 25.7. The Morgan fingerprint density at radius 3 is 1.91 bits per heavy atom. The summed E-state index contributed by atoms with van der Waals surface area (Å²) in [7, 11) is 0. The van der Waals surface area contributed by atoms with Crippen molar-refractivity contribution in [2.45, 2.75) is 13.0 Å². The average molecular weight is 451 g/mol. The highest BCUT2D eigenvalue weighted by Gasteiger charge is 2.20. The monoisotopic (exact) mass is 450 g/mol. The smallest absolute Gasteiger partial charge is 0.262 e. The van der Waals surface area contributed by atoms with E-state index in [1.807, 2.05) is 91.9 Å². The molecule has 0 saturated carbocycles. The van der Waals surface area contributed by atoms with Crippen LogP contribution >= 0.6 is 0 Å². The zero-order valence-electron chi connectivity index (χ0n) is 18.9. The predicted molar refractivity (Wildman–Crippen MR) is 134 cm³/mol. The maximum Gasteiger partial charge on any atom is 0.262 e. The molecule has 4 rings (SSSR count). The van der Waals surface area contributed by atoms with Gasteiger partial charge in [0, 0.05) is 5.69 Å². The van der Waals surface area contributed by atoms with E-state index in [-0.39, 0.29) is 24.5 Å². The molecule has 4 aromatic rings. The Morgan fingerprint density at radius 2 is 1.29 bits per heavy atom. The van der Waals surface area contributed by atoms with Crippen molar-refractivity contribution in [2.24, 2.45) is 0 Å². The first-order valence-corrected chi connectivity index (χ1v) is 11.1. The molecule has 0 aliphatic heterocycles. The highest BCUT2D eigenvalue weighted by atomic mass is 16.5. The fourth-order valence-electron chi connectivity index (χ4n) is 3.62. The van der Waals surface area contributed by atoms with Crippen molar-refractivity contribution in [3.8, 4) is 5.75 Å². The van der Waals surface area contributed by atoms with E-state index >= 15 is 0 Å². The van der Waals surface area contributed by atoms with Crippen LogP contribution in [0, 0.1) is 6.92 Å². The first-order chi connectivity index (χ1) is 16.6. The lowest BCUT2D eigenvalue weighted by molar-refractivity contribution is -0.118. The number of anilines is 1. The van der Waals surface area contributed by atoms with Gasteiger partial charge in [0.2, 0.25) is 0 Å². The van der Waals surface area contributed by atoms with Gasteiger partial charge in [0.25, 0.3) is 11.8 Å². The second-order valence-corrected chi connectivity index (χ2v) is 7.93.